The Labute approximate surface area is 192 Å². The molecule has 6 nitrogen and oxygen atoms in total. The zero-order valence-electron chi connectivity index (χ0n) is 18.3. The fourth-order valence-electron chi connectivity index (χ4n) is 3.61. The molecule has 0 atom stereocenters. The molecule has 2 N–H and O–H groups in total. The monoisotopic (exact) mass is 436 g/mol. The van der Waals surface area contributed by atoms with Crippen molar-refractivity contribution < 1.29 is 9.59 Å². The molecule has 0 radical (unpaired) electrons. The third-order valence-corrected chi connectivity index (χ3v) is 5.60. The van der Waals surface area contributed by atoms with Crippen LogP contribution in [0, 0.1) is 6.92 Å². The summed E-state index contributed by atoms with van der Waals surface area (Å²) in [5.41, 5.74) is 4.99. The lowest BCUT2D eigenvalue weighted by atomic mass is 10.1. The summed E-state index contributed by atoms with van der Waals surface area (Å²) < 4.78 is 1.71. The van der Waals surface area contributed by atoms with Gasteiger partial charge in [0.25, 0.3) is 11.8 Å². The van der Waals surface area contributed by atoms with Gasteiger partial charge in [0, 0.05) is 29.1 Å². The fourth-order valence-corrected chi connectivity index (χ4v) is 3.61. The summed E-state index contributed by atoms with van der Waals surface area (Å²) in [7, 11) is 0. The lowest BCUT2D eigenvalue weighted by molar-refractivity contribution is 0.0949. The molecule has 164 valence electrons. The summed E-state index contributed by atoms with van der Waals surface area (Å²) in [5, 5.41) is 10.6. The highest BCUT2D eigenvalue weighted by atomic mass is 16.2. The summed E-state index contributed by atoms with van der Waals surface area (Å²) in [4.78, 5) is 25.7. The summed E-state index contributed by atoms with van der Waals surface area (Å²) in [6, 6.07) is 24.9. The fraction of sp³-hybridized carbons (Fsp3) is 0.148. The van der Waals surface area contributed by atoms with Gasteiger partial charge in [-0.2, -0.15) is 5.10 Å². The number of anilines is 1. The molecule has 1 aliphatic rings. The number of nitrogens with zero attached hydrogens (tertiary/aromatic N) is 2. The van der Waals surface area contributed by atoms with E-state index < -0.39 is 0 Å². The number of rotatable bonds is 6. The van der Waals surface area contributed by atoms with E-state index >= 15 is 0 Å². The Morgan fingerprint density at radius 2 is 1.67 bits per heavy atom. The molecule has 0 spiro atoms. The molecule has 4 aromatic rings. The van der Waals surface area contributed by atoms with E-state index in [1.165, 1.54) is 0 Å². The first-order valence-corrected chi connectivity index (χ1v) is 11.0. The molecular formula is C27H24N4O2. The van der Waals surface area contributed by atoms with Crippen molar-refractivity contribution in [3.63, 3.8) is 0 Å². The van der Waals surface area contributed by atoms with E-state index in [4.69, 9.17) is 5.10 Å². The second-order valence-electron chi connectivity index (χ2n) is 8.32. The molecule has 3 aromatic carbocycles. The van der Waals surface area contributed by atoms with Gasteiger partial charge in [-0.15, -0.1) is 0 Å². The number of nitrogens with one attached hydrogen (secondary N) is 2. The highest BCUT2D eigenvalue weighted by Crippen LogP contribution is 2.26. The molecule has 1 fully saturated rings. The molecule has 2 amide bonds. The minimum atomic E-state index is -0.285. The number of carbonyl (C=O) groups excluding carboxylic acids is 2. The topological polar surface area (TPSA) is 76.0 Å². The number of hydrogen-bond donors (Lipinski definition) is 2. The number of aryl methyl sites for hydroxylation is 1. The molecule has 6 heteroatoms. The summed E-state index contributed by atoms with van der Waals surface area (Å²) in [6.07, 6.45) is 3.79. The van der Waals surface area contributed by atoms with Crippen LogP contribution in [-0.4, -0.2) is 27.6 Å². The molecule has 0 aliphatic heterocycles. The van der Waals surface area contributed by atoms with Crippen LogP contribution in [0.5, 0.6) is 0 Å². The molecule has 1 aromatic heterocycles. The van der Waals surface area contributed by atoms with Gasteiger partial charge >= 0.3 is 0 Å². The Bertz CT molecular complexity index is 1310. The zero-order valence-corrected chi connectivity index (χ0v) is 18.3. The lowest BCUT2D eigenvalue weighted by Crippen LogP contribution is -2.25. The van der Waals surface area contributed by atoms with Crippen molar-refractivity contribution in [3.8, 4) is 16.9 Å². The van der Waals surface area contributed by atoms with Crippen molar-refractivity contribution in [3.05, 3.63) is 102 Å². The van der Waals surface area contributed by atoms with Gasteiger partial charge in [0.2, 0.25) is 0 Å². The predicted molar refractivity (Wildman–Crippen MR) is 129 cm³/mol. The summed E-state index contributed by atoms with van der Waals surface area (Å²) in [6.45, 7) is 2.02. The average Bonchev–Trinajstić information content (AvgIpc) is 3.54. The smallest absolute Gasteiger partial charge is 0.259 e. The third kappa shape index (κ3) is 4.70. The number of aromatic nitrogens is 2. The second kappa shape index (κ2) is 8.74. The molecule has 0 bridgehead atoms. The van der Waals surface area contributed by atoms with Gasteiger partial charge in [-0.05, 0) is 50.1 Å². The number of benzene rings is 3. The second-order valence-corrected chi connectivity index (χ2v) is 8.32. The highest BCUT2D eigenvalue weighted by molar-refractivity contribution is 6.08. The maximum Gasteiger partial charge on any atom is 0.259 e. The first kappa shape index (κ1) is 20.7. The van der Waals surface area contributed by atoms with Crippen molar-refractivity contribution in [2.75, 3.05) is 5.32 Å². The normalized spacial score (nSPS) is 12.9. The van der Waals surface area contributed by atoms with Crippen molar-refractivity contribution in [1.82, 2.24) is 15.1 Å². The van der Waals surface area contributed by atoms with E-state index in [0.29, 0.717) is 22.5 Å². The number of carbonyl (C=O) groups is 2. The minimum absolute atomic E-state index is 0.120. The standard InChI is InChI=1S/C27H24N4O2/c1-18-10-12-19(13-11-18)25-24(17-31(30-25)23-8-3-2-4-9-23)27(33)29-22-7-5-6-20(16-22)26(32)28-21-14-15-21/h2-13,16-17,21H,14-15H2,1H3,(H,28,32)(H,29,33). The van der Waals surface area contributed by atoms with E-state index in [-0.39, 0.29) is 17.9 Å². The Hall–Kier alpha value is -4.19. The summed E-state index contributed by atoms with van der Waals surface area (Å²) in [5.74, 6) is -0.404. The van der Waals surface area contributed by atoms with Crippen molar-refractivity contribution in [2.24, 2.45) is 0 Å². The van der Waals surface area contributed by atoms with E-state index in [1.807, 2.05) is 61.5 Å². The van der Waals surface area contributed by atoms with Gasteiger partial charge in [-0.1, -0.05) is 54.1 Å². The van der Waals surface area contributed by atoms with E-state index in [2.05, 4.69) is 10.6 Å². The van der Waals surface area contributed by atoms with Crippen LogP contribution in [0.3, 0.4) is 0 Å². The van der Waals surface area contributed by atoms with Crippen LogP contribution in [0.1, 0.15) is 39.1 Å². The Morgan fingerprint density at radius 1 is 0.909 bits per heavy atom. The maximum absolute atomic E-state index is 13.3. The predicted octanol–water partition coefficient (Wildman–Crippen LogP) is 4.99. The number of hydrogen-bond acceptors (Lipinski definition) is 3. The van der Waals surface area contributed by atoms with Crippen molar-refractivity contribution in [2.45, 2.75) is 25.8 Å². The zero-order chi connectivity index (χ0) is 22.8. The Kier molecular flexibility index (Phi) is 5.48. The van der Waals surface area contributed by atoms with Gasteiger partial charge in [-0.3, -0.25) is 9.59 Å². The van der Waals surface area contributed by atoms with E-state index in [9.17, 15) is 9.59 Å². The lowest BCUT2D eigenvalue weighted by Gasteiger charge is -2.08. The molecular weight excluding hydrogens is 412 g/mol. The molecule has 0 unspecified atom stereocenters. The van der Waals surface area contributed by atoms with Crippen LogP contribution in [0.2, 0.25) is 0 Å². The van der Waals surface area contributed by atoms with Crippen LogP contribution in [0.4, 0.5) is 5.69 Å². The van der Waals surface area contributed by atoms with Gasteiger partial charge in [0.1, 0.15) is 5.69 Å². The molecule has 1 heterocycles. The SMILES string of the molecule is Cc1ccc(-c2nn(-c3ccccc3)cc2C(=O)Nc2cccc(C(=O)NC3CC3)c2)cc1. The van der Waals surface area contributed by atoms with Gasteiger partial charge in [0.15, 0.2) is 0 Å². The van der Waals surface area contributed by atoms with Crippen LogP contribution in [0.15, 0.2) is 85.1 Å². The summed E-state index contributed by atoms with van der Waals surface area (Å²) >= 11 is 0. The molecule has 1 saturated carbocycles. The Balaban J connectivity index is 1.46. The van der Waals surface area contributed by atoms with E-state index in [1.54, 1.807) is 35.1 Å². The quantitative estimate of drug-likeness (QED) is 0.447. The minimum Gasteiger partial charge on any atom is -0.349 e. The first-order valence-electron chi connectivity index (χ1n) is 11.0. The van der Waals surface area contributed by atoms with Crippen LogP contribution in [0.25, 0.3) is 16.9 Å². The van der Waals surface area contributed by atoms with E-state index in [0.717, 1.165) is 29.7 Å². The highest BCUT2D eigenvalue weighted by Gasteiger charge is 2.24. The first-order chi connectivity index (χ1) is 16.1. The third-order valence-electron chi connectivity index (χ3n) is 5.60. The molecule has 1 aliphatic carbocycles. The van der Waals surface area contributed by atoms with Crippen molar-refractivity contribution >= 4 is 17.5 Å². The molecule has 33 heavy (non-hydrogen) atoms. The Morgan fingerprint density at radius 3 is 2.39 bits per heavy atom. The molecule has 0 saturated heterocycles. The maximum atomic E-state index is 13.3. The van der Waals surface area contributed by atoms with Gasteiger partial charge in [-0.25, -0.2) is 4.68 Å². The largest absolute Gasteiger partial charge is 0.349 e. The number of amides is 2. The van der Waals surface area contributed by atoms with Crippen LogP contribution >= 0.6 is 0 Å². The molecule has 5 rings (SSSR count). The van der Waals surface area contributed by atoms with Gasteiger partial charge in [0.05, 0.1) is 11.3 Å². The van der Waals surface area contributed by atoms with Crippen molar-refractivity contribution in [1.29, 1.82) is 0 Å². The van der Waals surface area contributed by atoms with Gasteiger partial charge < -0.3 is 10.6 Å². The average molecular weight is 437 g/mol. The van der Waals surface area contributed by atoms with Crippen LogP contribution < -0.4 is 10.6 Å². The number of para-hydroxylation sites is 1. The van der Waals surface area contributed by atoms with Crippen LogP contribution in [-0.2, 0) is 0 Å².